The van der Waals surface area contributed by atoms with E-state index in [9.17, 15) is 17.6 Å². The monoisotopic (exact) mass is 333 g/mol. The summed E-state index contributed by atoms with van der Waals surface area (Å²) in [6.45, 7) is 0. The molecule has 0 aliphatic carbocycles. The number of nitrogens with zero attached hydrogens (tertiary/aromatic N) is 2. The molecule has 0 fully saturated rings. The number of carbonyl (C=O) groups excluding carboxylic acids is 1. The summed E-state index contributed by atoms with van der Waals surface area (Å²) in [6.07, 6.45) is 0. The number of sulfonamides is 1. The lowest BCUT2D eigenvalue weighted by Gasteiger charge is -2.26. The lowest BCUT2D eigenvalue weighted by Crippen LogP contribution is -2.43. The Hall–Kier alpha value is -2.74. The highest BCUT2D eigenvalue weighted by atomic mass is 32.2. The minimum absolute atomic E-state index is 0.254. The predicted molar refractivity (Wildman–Crippen MR) is 85.6 cm³/mol. The second-order valence-corrected chi connectivity index (χ2v) is 6.74. The summed E-state index contributed by atoms with van der Waals surface area (Å²) in [5.74, 6) is -1.12. The van der Waals surface area contributed by atoms with Crippen molar-refractivity contribution in [2.24, 2.45) is 5.10 Å². The fraction of sp³-hybridized carbons (Fsp3) is 0.0667. The van der Waals surface area contributed by atoms with Crippen LogP contribution < -0.4 is 9.73 Å². The molecule has 2 aromatic carbocycles. The third kappa shape index (κ3) is 2.57. The average molecular weight is 333 g/mol. The number of anilines is 2. The van der Waals surface area contributed by atoms with Crippen LogP contribution in [0.3, 0.4) is 0 Å². The van der Waals surface area contributed by atoms with Crippen LogP contribution in [0, 0.1) is 5.82 Å². The van der Waals surface area contributed by atoms with E-state index in [1.807, 2.05) is 0 Å². The Kier molecular flexibility index (Phi) is 3.61. The molecule has 0 bridgehead atoms. The zero-order valence-electron chi connectivity index (χ0n) is 12.0. The van der Waals surface area contributed by atoms with Gasteiger partial charge in [0, 0.05) is 12.6 Å². The third-order valence-electron chi connectivity index (χ3n) is 3.42. The fourth-order valence-corrected chi connectivity index (χ4v) is 3.36. The van der Waals surface area contributed by atoms with Crippen molar-refractivity contribution in [2.75, 3.05) is 16.8 Å². The summed E-state index contributed by atoms with van der Waals surface area (Å²) in [7, 11) is -2.69. The van der Waals surface area contributed by atoms with Crippen LogP contribution in [0.2, 0.25) is 0 Å². The van der Waals surface area contributed by atoms with Gasteiger partial charge in [-0.05, 0) is 36.4 Å². The number of fused-ring (bicyclic) bond motifs is 1. The zero-order valence-corrected chi connectivity index (χ0v) is 12.8. The number of nitrogens with one attached hydrogen (secondary N) is 1. The zero-order chi connectivity index (χ0) is 16.6. The standard InChI is InChI=1S/C15H12FN3O3S/c1-19-13-5-3-2-4-12(13)14(20)15(23(19,21)22)18-17-11-8-6-10(16)7-9-11/h2-9,17H,1H3/b18-15-. The lowest BCUT2D eigenvalue weighted by atomic mass is 10.1. The van der Waals surface area contributed by atoms with Gasteiger partial charge >= 0.3 is 0 Å². The number of hydrogen-bond acceptors (Lipinski definition) is 5. The van der Waals surface area contributed by atoms with E-state index < -0.39 is 26.7 Å². The minimum Gasteiger partial charge on any atom is -0.286 e. The van der Waals surface area contributed by atoms with Gasteiger partial charge in [0.15, 0.2) is 0 Å². The van der Waals surface area contributed by atoms with Crippen LogP contribution >= 0.6 is 0 Å². The number of rotatable bonds is 2. The second-order valence-electron chi connectivity index (χ2n) is 4.85. The van der Waals surface area contributed by atoms with Gasteiger partial charge in [0.05, 0.1) is 11.4 Å². The number of benzene rings is 2. The molecule has 0 spiro atoms. The number of para-hydroxylation sites is 1. The molecule has 8 heteroatoms. The molecular weight excluding hydrogens is 321 g/mol. The van der Waals surface area contributed by atoms with Crippen LogP contribution in [0.5, 0.6) is 0 Å². The van der Waals surface area contributed by atoms with Gasteiger partial charge in [-0.3, -0.25) is 14.5 Å². The molecule has 0 saturated heterocycles. The highest BCUT2D eigenvalue weighted by Crippen LogP contribution is 2.29. The molecule has 1 heterocycles. The molecule has 1 N–H and O–H groups in total. The molecule has 1 aliphatic heterocycles. The number of hydrazone groups is 1. The van der Waals surface area contributed by atoms with E-state index in [0.717, 1.165) is 4.31 Å². The Morgan fingerprint density at radius 3 is 2.43 bits per heavy atom. The molecule has 0 amide bonds. The number of halogens is 1. The summed E-state index contributed by atoms with van der Waals surface area (Å²) in [6, 6.07) is 11.5. The maximum Gasteiger partial charge on any atom is 0.287 e. The van der Waals surface area contributed by atoms with Gasteiger partial charge in [-0.25, -0.2) is 4.39 Å². The first-order valence-electron chi connectivity index (χ1n) is 6.63. The highest BCUT2D eigenvalue weighted by Gasteiger charge is 2.39. The molecule has 118 valence electrons. The Bertz CT molecular complexity index is 908. The predicted octanol–water partition coefficient (Wildman–Crippen LogP) is 2.21. The molecule has 0 saturated carbocycles. The molecule has 23 heavy (non-hydrogen) atoms. The van der Waals surface area contributed by atoms with E-state index >= 15 is 0 Å². The maximum atomic E-state index is 12.9. The van der Waals surface area contributed by atoms with Crippen molar-refractivity contribution in [3.63, 3.8) is 0 Å². The minimum atomic E-state index is -4.05. The molecule has 0 radical (unpaired) electrons. The maximum absolute atomic E-state index is 12.9. The number of carbonyl (C=O) groups is 1. The SMILES string of the molecule is CN1c2ccccc2C(=O)/C(=N/Nc2ccc(F)cc2)S1(=O)=O. The molecule has 0 atom stereocenters. The molecule has 3 rings (SSSR count). The highest BCUT2D eigenvalue weighted by molar-refractivity contribution is 8.09. The molecule has 2 aromatic rings. The summed E-state index contributed by atoms with van der Waals surface area (Å²) in [5, 5.41) is 3.12. The lowest BCUT2D eigenvalue weighted by molar-refractivity contribution is 0.106. The summed E-state index contributed by atoms with van der Waals surface area (Å²) >= 11 is 0. The van der Waals surface area contributed by atoms with E-state index in [-0.39, 0.29) is 5.56 Å². The smallest absolute Gasteiger partial charge is 0.286 e. The largest absolute Gasteiger partial charge is 0.287 e. The van der Waals surface area contributed by atoms with Crippen LogP contribution in [-0.2, 0) is 10.0 Å². The number of Topliss-reactive ketones (excluding diaryl/α,β-unsaturated/α-hetero) is 1. The van der Waals surface area contributed by atoms with E-state index in [0.29, 0.717) is 11.4 Å². The van der Waals surface area contributed by atoms with Crippen molar-refractivity contribution in [1.82, 2.24) is 0 Å². The Morgan fingerprint density at radius 1 is 1.09 bits per heavy atom. The molecule has 0 aromatic heterocycles. The first-order valence-corrected chi connectivity index (χ1v) is 8.07. The van der Waals surface area contributed by atoms with Crippen molar-refractivity contribution in [2.45, 2.75) is 0 Å². The van der Waals surface area contributed by atoms with E-state index in [1.54, 1.807) is 18.2 Å². The van der Waals surface area contributed by atoms with Gasteiger partial charge in [-0.15, -0.1) is 0 Å². The van der Waals surface area contributed by atoms with Crippen LogP contribution in [0.25, 0.3) is 0 Å². The Morgan fingerprint density at radius 2 is 1.74 bits per heavy atom. The first kappa shape index (κ1) is 15.2. The van der Waals surface area contributed by atoms with Gasteiger partial charge < -0.3 is 0 Å². The first-order chi connectivity index (χ1) is 10.9. The third-order valence-corrected chi connectivity index (χ3v) is 5.10. The average Bonchev–Trinajstić information content (AvgIpc) is 2.54. The van der Waals surface area contributed by atoms with Crippen LogP contribution in [0.15, 0.2) is 53.6 Å². The van der Waals surface area contributed by atoms with Crippen molar-refractivity contribution < 1.29 is 17.6 Å². The summed E-state index contributed by atoms with van der Waals surface area (Å²) in [4.78, 5) is 12.4. The fourth-order valence-electron chi connectivity index (χ4n) is 2.18. The topological polar surface area (TPSA) is 78.8 Å². The van der Waals surface area contributed by atoms with Crippen molar-refractivity contribution in [3.8, 4) is 0 Å². The van der Waals surface area contributed by atoms with Gasteiger partial charge in [0.1, 0.15) is 5.82 Å². The number of hydrogen-bond donors (Lipinski definition) is 1. The van der Waals surface area contributed by atoms with Crippen molar-refractivity contribution in [3.05, 3.63) is 59.9 Å². The molecular formula is C15H12FN3O3S. The van der Waals surface area contributed by atoms with E-state index in [2.05, 4.69) is 10.5 Å². The van der Waals surface area contributed by atoms with Crippen molar-refractivity contribution in [1.29, 1.82) is 0 Å². The molecule has 0 unspecified atom stereocenters. The number of ketones is 1. The van der Waals surface area contributed by atoms with Gasteiger partial charge in [-0.2, -0.15) is 13.5 Å². The normalized spacial score (nSPS) is 17.9. The second kappa shape index (κ2) is 5.47. The quantitative estimate of drug-likeness (QED) is 0.855. The molecule has 6 nitrogen and oxygen atoms in total. The molecule has 1 aliphatic rings. The van der Waals surface area contributed by atoms with Crippen molar-refractivity contribution >= 4 is 32.2 Å². The van der Waals surface area contributed by atoms with E-state index in [4.69, 9.17) is 0 Å². The van der Waals surface area contributed by atoms with Gasteiger partial charge in [-0.1, -0.05) is 12.1 Å². The van der Waals surface area contributed by atoms with Crippen LogP contribution in [0.4, 0.5) is 15.8 Å². The summed E-state index contributed by atoms with van der Waals surface area (Å²) in [5.41, 5.74) is 3.40. The Labute approximate surface area is 132 Å². The Balaban J connectivity index is 2.03. The summed E-state index contributed by atoms with van der Waals surface area (Å²) < 4.78 is 38.7. The van der Waals surface area contributed by atoms with Crippen LogP contribution in [0.1, 0.15) is 10.4 Å². The van der Waals surface area contributed by atoms with Gasteiger partial charge in [0.2, 0.25) is 10.8 Å². The van der Waals surface area contributed by atoms with Crippen LogP contribution in [-0.4, -0.2) is 26.3 Å². The van der Waals surface area contributed by atoms with Gasteiger partial charge in [0.25, 0.3) is 10.0 Å². The van der Waals surface area contributed by atoms with E-state index in [1.165, 1.54) is 37.4 Å².